The van der Waals surface area contributed by atoms with Crippen molar-refractivity contribution in [3.8, 4) is 0 Å². The van der Waals surface area contributed by atoms with Gasteiger partial charge in [0.25, 0.3) is 0 Å². The van der Waals surface area contributed by atoms with Crippen molar-refractivity contribution in [2.24, 2.45) is 4.99 Å². The Morgan fingerprint density at radius 1 is 1.27 bits per heavy atom. The number of halogens is 1. The minimum absolute atomic E-state index is 0. The van der Waals surface area contributed by atoms with E-state index in [-0.39, 0.29) is 29.6 Å². The summed E-state index contributed by atoms with van der Waals surface area (Å²) in [5.74, 6) is 0.893. The van der Waals surface area contributed by atoms with Gasteiger partial charge in [0.05, 0.1) is 5.60 Å². The molecule has 4 fully saturated rings. The third kappa shape index (κ3) is 4.46. The second-order valence-corrected chi connectivity index (χ2v) is 6.70. The highest BCUT2D eigenvalue weighted by molar-refractivity contribution is 14.0. The van der Waals surface area contributed by atoms with Crippen LogP contribution >= 0.6 is 24.0 Å². The standard InChI is InChI=1S/C15H29N5O.HI/c1-15(4-3-9-21-15)12-18-14(16-2)17-10-13-11-19-5-7-20(13)8-6-19;/h13H,3-12H2,1-2H3,(H2,16,17,18);1H. The Labute approximate surface area is 151 Å². The molecule has 2 atom stereocenters. The summed E-state index contributed by atoms with van der Waals surface area (Å²) in [5.41, 5.74) is -0.0310. The summed E-state index contributed by atoms with van der Waals surface area (Å²) in [6.45, 7) is 10.9. The van der Waals surface area contributed by atoms with Crippen molar-refractivity contribution in [3.63, 3.8) is 0 Å². The maximum atomic E-state index is 5.81. The van der Waals surface area contributed by atoms with E-state index in [0.717, 1.165) is 38.5 Å². The van der Waals surface area contributed by atoms with Crippen molar-refractivity contribution < 1.29 is 4.74 Å². The molecule has 0 spiro atoms. The normalized spacial score (nSPS) is 37.7. The Kier molecular flexibility index (Phi) is 6.73. The Bertz CT molecular complexity index is 378. The lowest BCUT2D eigenvalue weighted by Crippen LogP contribution is -2.64. The number of nitrogens with one attached hydrogen (secondary N) is 2. The Morgan fingerprint density at radius 3 is 2.59 bits per heavy atom. The first-order chi connectivity index (χ1) is 10.2. The third-order valence-electron chi connectivity index (χ3n) is 5.05. The van der Waals surface area contributed by atoms with E-state index in [2.05, 4.69) is 32.3 Å². The number of hydrogen-bond acceptors (Lipinski definition) is 4. The molecule has 0 amide bonds. The van der Waals surface area contributed by atoms with E-state index < -0.39 is 0 Å². The van der Waals surface area contributed by atoms with E-state index in [0.29, 0.717) is 6.04 Å². The van der Waals surface area contributed by atoms with Crippen LogP contribution in [0.15, 0.2) is 4.99 Å². The minimum atomic E-state index is -0.0310. The molecule has 4 aliphatic heterocycles. The van der Waals surface area contributed by atoms with Gasteiger partial charge < -0.3 is 15.4 Å². The monoisotopic (exact) mass is 423 g/mol. The van der Waals surface area contributed by atoms with Gasteiger partial charge in [0.1, 0.15) is 0 Å². The fourth-order valence-electron chi connectivity index (χ4n) is 3.60. The fourth-order valence-corrected chi connectivity index (χ4v) is 3.60. The molecular weight excluding hydrogens is 393 g/mol. The minimum Gasteiger partial charge on any atom is -0.373 e. The van der Waals surface area contributed by atoms with Crippen LogP contribution < -0.4 is 10.6 Å². The number of fused-ring (bicyclic) bond motifs is 3. The van der Waals surface area contributed by atoms with Crippen molar-refractivity contribution >= 4 is 29.9 Å². The van der Waals surface area contributed by atoms with Crippen molar-refractivity contribution in [2.45, 2.75) is 31.4 Å². The SMILES string of the molecule is CN=C(NCC1CN2CCN1CC2)NCC1(C)CCCO1.I. The third-order valence-corrected chi connectivity index (χ3v) is 5.05. The Balaban J connectivity index is 0.00000176. The van der Waals surface area contributed by atoms with E-state index in [1.54, 1.807) is 0 Å². The average Bonchev–Trinajstić information content (AvgIpc) is 2.96. The highest BCUT2D eigenvalue weighted by atomic mass is 127. The topological polar surface area (TPSA) is 52.1 Å². The number of hydrogen-bond donors (Lipinski definition) is 2. The fraction of sp³-hybridized carbons (Fsp3) is 0.933. The van der Waals surface area contributed by atoms with E-state index in [1.807, 2.05) is 7.05 Å². The number of rotatable bonds is 4. The highest BCUT2D eigenvalue weighted by Crippen LogP contribution is 2.23. The molecule has 0 aliphatic carbocycles. The summed E-state index contributed by atoms with van der Waals surface area (Å²) in [5, 5.41) is 6.90. The first-order valence-corrected chi connectivity index (χ1v) is 8.23. The van der Waals surface area contributed by atoms with Gasteiger partial charge in [0.2, 0.25) is 0 Å². The second-order valence-electron chi connectivity index (χ2n) is 6.70. The number of nitrogens with zero attached hydrogens (tertiary/aromatic N) is 3. The molecule has 6 nitrogen and oxygen atoms in total. The largest absolute Gasteiger partial charge is 0.373 e. The molecular formula is C15H30IN5O. The summed E-state index contributed by atoms with van der Waals surface area (Å²) in [7, 11) is 1.84. The van der Waals surface area contributed by atoms with E-state index in [4.69, 9.17) is 4.74 Å². The van der Waals surface area contributed by atoms with Crippen LogP contribution in [0.3, 0.4) is 0 Å². The predicted octanol–water partition coefficient (Wildman–Crippen LogP) is 0.338. The van der Waals surface area contributed by atoms with Crippen LogP contribution in [0.25, 0.3) is 0 Å². The molecule has 2 N–H and O–H groups in total. The molecule has 2 bridgehead atoms. The molecule has 2 unspecified atom stereocenters. The van der Waals surface area contributed by atoms with Gasteiger partial charge >= 0.3 is 0 Å². The average molecular weight is 423 g/mol. The predicted molar refractivity (Wildman–Crippen MR) is 100 cm³/mol. The molecule has 22 heavy (non-hydrogen) atoms. The Morgan fingerprint density at radius 2 is 2.05 bits per heavy atom. The summed E-state index contributed by atoms with van der Waals surface area (Å²) in [4.78, 5) is 9.50. The van der Waals surface area contributed by atoms with Crippen LogP contribution in [0, 0.1) is 0 Å². The maximum absolute atomic E-state index is 5.81. The van der Waals surface area contributed by atoms with Gasteiger partial charge in [0, 0.05) is 65.5 Å². The molecule has 4 saturated heterocycles. The molecule has 0 saturated carbocycles. The smallest absolute Gasteiger partial charge is 0.191 e. The van der Waals surface area contributed by atoms with E-state index in [1.165, 1.54) is 32.7 Å². The van der Waals surface area contributed by atoms with Gasteiger partial charge in [-0.3, -0.25) is 14.8 Å². The first kappa shape index (κ1) is 18.2. The molecule has 4 rings (SSSR count). The second kappa shape index (κ2) is 8.12. The number of guanidine groups is 1. The van der Waals surface area contributed by atoms with Crippen molar-refractivity contribution in [1.29, 1.82) is 0 Å². The van der Waals surface area contributed by atoms with Crippen LogP contribution in [-0.2, 0) is 4.74 Å². The van der Waals surface area contributed by atoms with Crippen LogP contribution in [0.1, 0.15) is 19.8 Å². The highest BCUT2D eigenvalue weighted by Gasteiger charge is 2.32. The van der Waals surface area contributed by atoms with Gasteiger partial charge in [-0.1, -0.05) is 0 Å². The van der Waals surface area contributed by atoms with Crippen LogP contribution in [0.5, 0.6) is 0 Å². The van der Waals surface area contributed by atoms with Crippen LogP contribution in [0.2, 0.25) is 0 Å². The summed E-state index contributed by atoms with van der Waals surface area (Å²) >= 11 is 0. The lowest BCUT2D eigenvalue weighted by molar-refractivity contribution is 0.0150. The van der Waals surface area contributed by atoms with E-state index in [9.17, 15) is 0 Å². The van der Waals surface area contributed by atoms with Crippen molar-refractivity contribution in [3.05, 3.63) is 0 Å². The number of aliphatic imine (C=N–C) groups is 1. The zero-order valence-corrected chi connectivity index (χ0v) is 16.1. The van der Waals surface area contributed by atoms with Crippen molar-refractivity contribution in [2.75, 3.05) is 59.5 Å². The van der Waals surface area contributed by atoms with Gasteiger partial charge in [-0.05, 0) is 19.8 Å². The summed E-state index contributed by atoms with van der Waals surface area (Å²) in [6, 6.07) is 0.615. The van der Waals surface area contributed by atoms with Gasteiger partial charge in [-0.25, -0.2) is 0 Å². The molecule has 0 radical (unpaired) electrons. The van der Waals surface area contributed by atoms with Gasteiger partial charge in [-0.2, -0.15) is 0 Å². The van der Waals surface area contributed by atoms with Crippen molar-refractivity contribution in [1.82, 2.24) is 20.4 Å². The molecule has 0 aromatic heterocycles. The van der Waals surface area contributed by atoms with Crippen LogP contribution in [0.4, 0.5) is 0 Å². The summed E-state index contributed by atoms with van der Waals surface area (Å²) in [6.07, 6.45) is 2.29. The van der Waals surface area contributed by atoms with Gasteiger partial charge in [0.15, 0.2) is 5.96 Å². The quantitative estimate of drug-likeness (QED) is 0.388. The molecule has 4 heterocycles. The van der Waals surface area contributed by atoms with Gasteiger partial charge in [-0.15, -0.1) is 24.0 Å². The first-order valence-electron chi connectivity index (χ1n) is 8.23. The lowest BCUT2D eigenvalue weighted by atomic mass is 10.0. The van der Waals surface area contributed by atoms with Crippen LogP contribution in [-0.4, -0.2) is 86.9 Å². The molecule has 128 valence electrons. The summed E-state index contributed by atoms with van der Waals surface area (Å²) < 4.78 is 5.81. The number of piperazine rings is 3. The zero-order valence-electron chi connectivity index (χ0n) is 13.8. The molecule has 0 aromatic rings. The molecule has 7 heteroatoms. The zero-order chi connectivity index (χ0) is 14.7. The molecule has 0 aromatic carbocycles. The van der Waals surface area contributed by atoms with E-state index >= 15 is 0 Å². The molecule has 4 aliphatic rings. The number of ether oxygens (including phenoxy) is 1. The Hall–Kier alpha value is -0.120. The maximum Gasteiger partial charge on any atom is 0.191 e. The lowest BCUT2D eigenvalue weighted by Gasteiger charge is -2.47.